The predicted octanol–water partition coefficient (Wildman–Crippen LogP) is 14.8. The topological polar surface area (TPSA) is 161 Å². The zero-order valence-corrected chi connectivity index (χ0v) is 59.9. The molecule has 93 heavy (non-hydrogen) atoms. The van der Waals surface area contributed by atoms with Crippen LogP contribution >= 0.6 is 0 Å². The van der Waals surface area contributed by atoms with Gasteiger partial charge in [0.05, 0.1) is 67.5 Å². The van der Waals surface area contributed by atoms with Crippen LogP contribution in [0.4, 0.5) is 0 Å². The molecule has 0 N–H and O–H groups in total. The van der Waals surface area contributed by atoms with Crippen LogP contribution < -0.4 is 10.4 Å². The van der Waals surface area contributed by atoms with Crippen molar-refractivity contribution < 1.29 is 60.4 Å². The molecular formula is C76H104N2O13Si2. The minimum atomic E-state index is -2.95. The molecule has 0 amide bonds. The maximum Gasteiger partial charge on any atom is 0.330 e. The number of rotatable bonds is 18. The van der Waals surface area contributed by atoms with Crippen LogP contribution in [0.25, 0.3) is 12.2 Å². The summed E-state index contributed by atoms with van der Waals surface area (Å²) in [4.78, 5) is 24.1. The number of oxazole rings is 2. The molecule has 2 aromatic carbocycles. The monoisotopic (exact) mass is 1310 g/mol. The van der Waals surface area contributed by atoms with Crippen molar-refractivity contribution in [2.45, 2.75) is 242 Å². The molecule has 0 spiro atoms. The van der Waals surface area contributed by atoms with Gasteiger partial charge in [-0.15, -0.1) is 12.3 Å². The Morgan fingerprint density at radius 3 is 2.17 bits per heavy atom. The van der Waals surface area contributed by atoms with Crippen LogP contribution in [0.5, 0.6) is 0 Å². The van der Waals surface area contributed by atoms with Gasteiger partial charge in [0.2, 0.25) is 5.89 Å². The highest BCUT2D eigenvalue weighted by Crippen LogP contribution is 2.45. The number of benzene rings is 2. The number of methoxy groups -OCH3 is 3. The van der Waals surface area contributed by atoms with E-state index >= 15 is 0 Å². The normalized spacial score (nSPS) is 30.4. The van der Waals surface area contributed by atoms with Crippen molar-refractivity contribution >= 4 is 45.1 Å². The Hall–Kier alpha value is -5.60. The quantitative estimate of drug-likeness (QED) is 0.0304. The van der Waals surface area contributed by atoms with E-state index in [1.54, 1.807) is 39.9 Å². The molecular weight excluding hydrogens is 1210 g/mol. The Bertz CT molecular complexity index is 3270. The van der Waals surface area contributed by atoms with E-state index in [0.29, 0.717) is 81.0 Å². The van der Waals surface area contributed by atoms with Crippen molar-refractivity contribution in [1.29, 1.82) is 0 Å². The minimum Gasteiger partial charge on any atom is -0.458 e. The zero-order valence-electron chi connectivity index (χ0n) is 57.9. The third kappa shape index (κ3) is 17.7. The maximum absolute atomic E-state index is 14.0. The second kappa shape index (κ2) is 31.1. The van der Waals surface area contributed by atoms with Crippen molar-refractivity contribution in [2.75, 3.05) is 21.3 Å². The lowest BCUT2D eigenvalue weighted by Gasteiger charge is -2.47. The number of nitrogens with zero attached hydrogens (tertiary/aromatic N) is 2. The molecule has 15 nitrogen and oxygen atoms in total. The summed E-state index contributed by atoms with van der Waals surface area (Å²) >= 11 is 0. The van der Waals surface area contributed by atoms with Gasteiger partial charge in [0.1, 0.15) is 36.1 Å². The summed E-state index contributed by atoms with van der Waals surface area (Å²) in [6, 6.07) is 21.6. The average Bonchev–Trinajstić information content (AvgIpc) is 0.891. The van der Waals surface area contributed by atoms with Crippen LogP contribution in [-0.2, 0) is 58.0 Å². The van der Waals surface area contributed by atoms with Crippen molar-refractivity contribution in [1.82, 2.24) is 9.97 Å². The van der Waals surface area contributed by atoms with E-state index in [1.165, 1.54) is 10.4 Å². The van der Waals surface area contributed by atoms with Gasteiger partial charge in [0.15, 0.2) is 20.0 Å². The van der Waals surface area contributed by atoms with Crippen molar-refractivity contribution in [2.24, 2.45) is 11.8 Å². The number of carbonyl (C=O) groups excluding carboxylic acids is 1. The summed E-state index contributed by atoms with van der Waals surface area (Å²) in [5.74, 6) is 1.59. The van der Waals surface area contributed by atoms with E-state index in [1.807, 2.05) is 50.3 Å². The summed E-state index contributed by atoms with van der Waals surface area (Å²) in [6.45, 7) is 30.9. The van der Waals surface area contributed by atoms with Crippen LogP contribution in [0, 0.1) is 24.2 Å². The van der Waals surface area contributed by atoms with Gasteiger partial charge in [0, 0.05) is 71.3 Å². The predicted molar refractivity (Wildman–Crippen MR) is 369 cm³/mol. The molecule has 0 aliphatic carbocycles. The maximum atomic E-state index is 14.0. The van der Waals surface area contributed by atoms with Crippen LogP contribution in [0.15, 0.2) is 142 Å². The smallest absolute Gasteiger partial charge is 0.330 e. The molecule has 4 aromatic rings. The molecule has 0 radical (unpaired) electrons. The average molecular weight is 1310 g/mol. The number of hydrogen-bond acceptors (Lipinski definition) is 15. The molecule has 9 rings (SSSR count). The first-order valence-corrected chi connectivity index (χ1v) is 38.4. The lowest BCUT2D eigenvalue weighted by atomic mass is 9.79. The summed E-state index contributed by atoms with van der Waals surface area (Å²) in [5.41, 5.74) is 4.31. The second-order valence-corrected chi connectivity index (χ2v) is 38.1. The lowest BCUT2D eigenvalue weighted by Crippen LogP contribution is -2.68. The number of aromatic nitrogens is 2. The first kappa shape index (κ1) is 71.7. The largest absolute Gasteiger partial charge is 0.458 e. The van der Waals surface area contributed by atoms with E-state index in [0.717, 1.165) is 23.1 Å². The van der Waals surface area contributed by atoms with E-state index in [9.17, 15) is 4.79 Å². The first-order chi connectivity index (χ1) is 44.2. The van der Waals surface area contributed by atoms with Crippen LogP contribution in [0.2, 0.25) is 23.2 Å². The fourth-order valence-corrected chi connectivity index (χ4v) is 20.0. The summed E-state index contributed by atoms with van der Waals surface area (Å²) in [5, 5.41) is 2.16. The van der Waals surface area contributed by atoms with E-state index in [2.05, 4.69) is 148 Å². The number of fused-ring (bicyclic) bond motifs is 9. The Morgan fingerprint density at radius 2 is 1.52 bits per heavy atom. The Kier molecular flexibility index (Phi) is 24.0. The Labute approximate surface area is 556 Å². The molecule has 4 fully saturated rings. The number of carbonyl (C=O) groups is 1. The molecule has 0 saturated carbocycles. The van der Waals surface area contributed by atoms with Gasteiger partial charge < -0.3 is 55.6 Å². The molecule has 15 atom stereocenters. The molecule has 4 saturated heterocycles. The molecule has 504 valence electrons. The standard InChI is InChI=1S/C76H104N2O13Si2/c1-18-27-56(80-13)37-36-50(2)40-68(91-92(16,17)74(7,8)9)67-45-61(81-14)46-76(82-15,89-67)47-70-77-55(48-83-70)41-52(4)72-54(6)73-53(5)65(87-72)33-26-34-69-78-64(49-84-69)66-44-60(43-59(86-66)42-58-39-51(3)38-57(85-58)28-25-35-71(79)88-73)90-93(75(10,11)12,62-29-21-19-22-30-62)63-31-23-20-24-32-63/h1,19-26,29-32,34-37,40-41,48-49,53-54,56-61,65-68,72-73H,3,27-28,33,38-39,42-47H2,2,4-17H3/b34-26+,35-25-,37-36+,50-40+,52-41+/t53-,54-,56+,57-,58+,59+,60+,61+,65+,66+,67+,68+,72-,73-,76-/m0/s1. The molecule has 2 aromatic heterocycles. The molecule has 0 unspecified atom stereocenters. The fraction of sp³-hybridized carbons (Fsp3) is 0.566. The van der Waals surface area contributed by atoms with Gasteiger partial charge in [-0.2, -0.15) is 0 Å². The Balaban J connectivity index is 0.967. The van der Waals surface area contributed by atoms with Gasteiger partial charge >= 0.3 is 5.97 Å². The van der Waals surface area contributed by atoms with E-state index < -0.39 is 58.9 Å². The van der Waals surface area contributed by atoms with Gasteiger partial charge in [-0.25, -0.2) is 14.8 Å². The third-order valence-corrected chi connectivity index (χ3v) is 29.6. The van der Waals surface area contributed by atoms with Crippen molar-refractivity contribution in [3.8, 4) is 12.3 Å². The summed E-state index contributed by atoms with van der Waals surface area (Å²) in [7, 11) is -0.256. The number of allylic oxidation sites excluding steroid dienone is 2. The number of esters is 1. The summed E-state index contributed by atoms with van der Waals surface area (Å²) < 4.78 is 80.3. The van der Waals surface area contributed by atoms with Gasteiger partial charge in [-0.1, -0.05) is 164 Å². The van der Waals surface area contributed by atoms with Gasteiger partial charge in [-0.3, -0.25) is 0 Å². The van der Waals surface area contributed by atoms with Crippen LogP contribution in [-0.4, -0.2) is 127 Å². The van der Waals surface area contributed by atoms with Crippen LogP contribution in [0.3, 0.4) is 0 Å². The third-order valence-electron chi connectivity index (χ3n) is 20.0. The summed E-state index contributed by atoms with van der Waals surface area (Å²) in [6.07, 6.45) is 26.8. The zero-order chi connectivity index (χ0) is 66.9. The van der Waals surface area contributed by atoms with E-state index in [4.69, 9.17) is 72.0 Å². The fourth-order valence-electron chi connectivity index (χ4n) is 14.1. The van der Waals surface area contributed by atoms with Gasteiger partial charge in [0.25, 0.3) is 8.32 Å². The number of ether oxygens (including phenoxy) is 8. The van der Waals surface area contributed by atoms with Crippen LogP contribution in [0.1, 0.15) is 163 Å². The highest BCUT2D eigenvalue weighted by molar-refractivity contribution is 6.99. The minimum absolute atomic E-state index is 0.0720. The molecule has 5 aliphatic heterocycles. The SMILES string of the molecule is C#CC[C@H](/C=C/C(C)=C/[C@@H](O[Si](C)(C)C(C)(C)C)[C@H]1C[C@@H](OC)C[C@](Cc2nc(/C=C(\C)[C@@H]3O[C@@H]4C/C=C/c5nc(co5)[C@H]5C[C@H](O[Si](c6ccccc6)(c6ccccc6)C(C)(C)C)C[C@@H](C[C@H]6CC(=C)C[C@H](C/C=C\C(=O)O[C@@H]([C@H]4C)[C@H]3C)O6)O5)co2)(OC)O1)OC. The van der Waals surface area contributed by atoms with Crippen molar-refractivity contribution in [3.05, 3.63) is 156 Å². The molecule has 7 heterocycles. The first-order valence-electron chi connectivity index (χ1n) is 33.5. The number of hydrogen-bond donors (Lipinski definition) is 0. The molecule has 17 heteroatoms. The molecule has 8 bridgehead atoms. The Morgan fingerprint density at radius 1 is 0.817 bits per heavy atom. The van der Waals surface area contributed by atoms with E-state index in [-0.39, 0.29) is 71.1 Å². The molecule has 5 aliphatic rings. The highest BCUT2D eigenvalue weighted by atomic mass is 28.4. The second-order valence-electron chi connectivity index (χ2n) is 29.1. The van der Waals surface area contributed by atoms with Gasteiger partial charge in [-0.05, 0) is 97.2 Å². The number of terminal acetylenes is 1. The van der Waals surface area contributed by atoms with Crippen molar-refractivity contribution in [3.63, 3.8) is 0 Å². The lowest BCUT2D eigenvalue weighted by molar-refractivity contribution is -0.297. The highest BCUT2D eigenvalue weighted by Gasteiger charge is 2.54.